The first-order valence-electron chi connectivity index (χ1n) is 9.51. The van der Waals surface area contributed by atoms with Gasteiger partial charge in [-0.15, -0.1) is 10.2 Å². The number of amides is 1. The topological polar surface area (TPSA) is 98.0 Å². The maximum Gasteiger partial charge on any atom is 0.284 e. The second-order valence-corrected chi connectivity index (χ2v) is 10.3. The van der Waals surface area contributed by atoms with Crippen LogP contribution in [0.2, 0.25) is 0 Å². The van der Waals surface area contributed by atoms with Gasteiger partial charge in [-0.05, 0) is 84.3 Å². The molecule has 0 spiro atoms. The number of rotatable bonds is 4. The molecule has 1 aromatic carbocycles. The van der Waals surface area contributed by atoms with Gasteiger partial charge in [-0.25, -0.2) is 0 Å². The molecule has 4 saturated carbocycles. The Balaban J connectivity index is 1.35. The number of anilines is 1. The minimum Gasteiger partial charge on any atom is -0.296 e. The van der Waals surface area contributed by atoms with Gasteiger partial charge in [-0.2, -0.15) is 0 Å². The van der Waals surface area contributed by atoms with E-state index in [4.69, 9.17) is 0 Å². The van der Waals surface area contributed by atoms with Crippen LogP contribution in [0, 0.1) is 27.9 Å². The van der Waals surface area contributed by atoms with Gasteiger partial charge in [0.1, 0.15) is 5.01 Å². The Labute approximate surface area is 174 Å². The lowest BCUT2D eigenvalue weighted by Gasteiger charge is -2.55. The molecule has 4 aliphatic carbocycles. The normalized spacial score (nSPS) is 30.4. The molecule has 1 N–H and O–H groups in total. The molecular formula is C19H19BrN4O3S. The molecular weight excluding hydrogens is 444 g/mol. The van der Waals surface area contributed by atoms with Crippen molar-refractivity contribution in [2.75, 3.05) is 5.32 Å². The fourth-order valence-electron chi connectivity index (χ4n) is 5.82. The van der Waals surface area contributed by atoms with E-state index < -0.39 is 10.8 Å². The number of carbonyl (C=O) groups is 1. The van der Waals surface area contributed by atoms with Crippen molar-refractivity contribution in [2.24, 2.45) is 17.8 Å². The van der Waals surface area contributed by atoms with Crippen molar-refractivity contribution >= 4 is 44.0 Å². The molecule has 1 aromatic heterocycles. The van der Waals surface area contributed by atoms with Crippen molar-refractivity contribution in [3.63, 3.8) is 0 Å². The highest BCUT2D eigenvalue weighted by atomic mass is 79.9. The summed E-state index contributed by atoms with van der Waals surface area (Å²) in [7, 11) is 0. The number of halogens is 1. The summed E-state index contributed by atoms with van der Waals surface area (Å²) in [5.41, 5.74) is 0.229. The zero-order chi connectivity index (χ0) is 19.5. The second kappa shape index (κ2) is 6.59. The molecule has 9 heteroatoms. The van der Waals surface area contributed by atoms with Crippen molar-refractivity contribution in [1.82, 2.24) is 10.2 Å². The third kappa shape index (κ3) is 3.04. The van der Waals surface area contributed by atoms with Crippen LogP contribution in [0.25, 0.3) is 0 Å². The monoisotopic (exact) mass is 462 g/mol. The summed E-state index contributed by atoms with van der Waals surface area (Å²) in [4.78, 5) is 23.1. The Morgan fingerprint density at radius 3 is 2.43 bits per heavy atom. The number of nitro groups is 1. The molecule has 0 radical (unpaired) electrons. The summed E-state index contributed by atoms with van der Waals surface area (Å²) in [6, 6.07) is 4.32. The minimum absolute atomic E-state index is 0.140. The van der Waals surface area contributed by atoms with Gasteiger partial charge in [-0.3, -0.25) is 20.2 Å². The van der Waals surface area contributed by atoms with E-state index in [1.165, 1.54) is 62.0 Å². The molecule has 1 amide bonds. The molecule has 2 aromatic rings. The summed E-state index contributed by atoms with van der Waals surface area (Å²) < 4.78 is 0.342. The summed E-state index contributed by atoms with van der Waals surface area (Å²) in [5.74, 6) is 2.04. The van der Waals surface area contributed by atoms with Crippen molar-refractivity contribution < 1.29 is 9.72 Å². The zero-order valence-corrected chi connectivity index (χ0v) is 17.5. The van der Waals surface area contributed by atoms with Gasteiger partial charge in [0.2, 0.25) is 5.13 Å². The average Bonchev–Trinajstić information content (AvgIpc) is 3.10. The first kappa shape index (κ1) is 18.2. The van der Waals surface area contributed by atoms with E-state index in [2.05, 4.69) is 31.4 Å². The van der Waals surface area contributed by atoms with Gasteiger partial charge in [0.25, 0.3) is 11.6 Å². The molecule has 6 rings (SSSR count). The van der Waals surface area contributed by atoms with Gasteiger partial charge < -0.3 is 0 Å². The van der Waals surface area contributed by atoms with Crippen LogP contribution in [-0.2, 0) is 5.41 Å². The summed E-state index contributed by atoms with van der Waals surface area (Å²) in [5, 5.41) is 24.0. The van der Waals surface area contributed by atoms with E-state index in [1.54, 1.807) is 6.07 Å². The SMILES string of the molecule is O=C(Nc1nnc(C23CC4CC(CC(C4)C2)C3)s1)c1ccc(Br)c([N+](=O)[O-])c1. The van der Waals surface area contributed by atoms with E-state index in [0.717, 1.165) is 22.8 Å². The van der Waals surface area contributed by atoms with Gasteiger partial charge in [-0.1, -0.05) is 11.3 Å². The molecule has 4 bridgehead atoms. The lowest BCUT2D eigenvalue weighted by atomic mass is 9.50. The second-order valence-electron chi connectivity index (χ2n) is 8.49. The fraction of sp³-hybridized carbons (Fsp3) is 0.526. The number of nitrogens with one attached hydrogen (secondary N) is 1. The number of carbonyl (C=O) groups excluding carboxylic acids is 1. The fourth-order valence-corrected chi connectivity index (χ4v) is 7.17. The van der Waals surface area contributed by atoms with Gasteiger partial charge in [0.15, 0.2) is 0 Å². The Bertz CT molecular complexity index is 941. The van der Waals surface area contributed by atoms with Crippen LogP contribution in [0.5, 0.6) is 0 Å². The molecule has 4 aliphatic rings. The zero-order valence-electron chi connectivity index (χ0n) is 15.1. The number of nitrogens with zero attached hydrogens (tertiary/aromatic N) is 3. The molecule has 7 nitrogen and oxygen atoms in total. The van der Waals surface area contributed by atoms with Gasteiger partial charge >= 0.3 is 0 Å². The van der Waals surface area contributed by atoms with Crippen molar-refractivity contribution in [1.29, 1.82) is 0 Å². The summed E-state index contributed by atoms with van der Waals surface area (Å²) >= 11 is 4.59. The van der Waals surface area contributed by atoms with Crippen LogP contribution in [0.1, 0.15) is 53.9 Å². The smallest absolute Gasteiger partial charge is 0.284 e. The molecule has 28 heavy (non-hydrogen) atoms. The number of benzene rings is 1. The third-order valence-electron chi connectivity index (χ3n) is 6.54. The first-order chi connectivity index (χ1) is 13.4. The van der Waals surface area contributed by atoms with E-state index >= 15 is 0 Å². The molecule has 146 valence electrons. The maximum atomic E-state index is 12.5. The highest BCUT2D eigenvalue weighted by Gasteiger charge is 2.53. The molecule has 0 aliphatic heterocycles. The van der Waals surface area contributed by atoms with Crippen LogP contribution in [0.3, 0.4) is 0 Å². The standard InChI is InChI=1S/C19H19BrN4O3S/c20-14-2-1-13(6-15(14)24(26)27)16(25)21-18-23-22-17(28-18)19-7-10-3-11(8-19)5-12(4-10)9-19/h1-2,6,10-12H,3-5,7-9H2,(H,21,23,25). The predicted octanol–water partition coefficient (Wildman–Crippen LogP) is 4.93. The van der Waals surface area contributed by atoms with Crippen LogP contribution in [-0.4, -0.2) is 21.0 Å². The molecule has 0 saturated heterocycles. The van der Waals surface area contributed by atoms with Gasteiger partial charge in [0.05, 0.1) is 9.40 Å². The van der Waals surface area contributed by atoms with E-state index in [-0.39, 0.29) is 16.7 Å². The Morgan fingerprint density at radius 1 is 1.18 bits per heavy atom. The minimum atomic E-state index is -0.517. The highest BCUT2D eigenvalue weighted by molar-refractivity contribution is 9.10. The average molecular weight is 463 g/mol. The Kier molecular flexibility index (Phi) is 4.28. The lowest BCUT2D eigenvalue weighted by Crippen LogP contribution is -2.48. The molecule has 1 heterocycles. The van der Waals surface area contributed by atoms with Crippen LogP contribution in [0.4, 0.5) is 10.8 Å². The molecule has 0 unspecified atom stereocenters. The van der Waals surface area contributed by atoms with Crippen molar-refractivity contribution in [3.8, 4) is 0 Å². The molecule has 4 fully saturated rings. The van der Waals surface area contributed by atoms with Crippen LogP contribution in [0.15, 0.2) is 22.7 Å². The van der Waals surface area contributed by atoms with E-state index in [1.807, 2.05) is 0 Å². The number of aromatic nitrogens is 2. The lowest BCUT2D eigenvalue weighted by molar-refractivity contribution is -0.385. The van der Waals surface area contributed by atoms with Gasteiger partial charge in [0, 0.05) is 17.0 Å². The van der Waals surface area contributed by atoms with E-state index in [0.29, 0.717) is 9.60 Å². The van der Waals surface area contributed by atoms with Crippen LogP contribution < -0.4 is 5.32 Å². The first-order valence-corrected chi connectivity index (χ1v) is 11.1. The Morgan fingerprint density at radius 2 is 1.82 bits per heavy atom. The number of nitro benzene ring substituents is 1. The Hall–Kier alpha value is -1.87. The maximum absolute atomic E-state index is 12.5. The van der Waals surface area contributed by atoms with E-state index in [9.17, 15) is 14.9 Å². The predicted molar refractivity (Wildman–Crippen MR) is 109 cm³/mol. The number of hydrogen-bond donors (Lipinski definition) is 1. The van der Waals surface area contributed by atoms with Crippen molar-refractivity contribution in [3.05, 3.63) is 43.4 Å². The third-order valence-corrected chi connectivity index (χ3v) is 8.30. The largest absolute Gasteiger partial charge is 0.296 e. The quantitative estimate of drug-likeness (QED) is 0.512. The molecule has 0 atom stereocenters. The summed E-state index contributed by atoms with van der Waals surface area (Å²) in [6.45, 7) is 0. The summed E-state index contributed by atoms with van der Waals surface area (Å²) in [6.07, 6.45) is 7.68. The number of hydrogen-bond acceptors (Lipinski definition) is 6. The van der Waals surface area contributed by atoms with Crippen LogP contribution >= 0.6 is 27.3 Å². The van der Waals surface area contributed by atoms with Crippen molar-refractivity contribution in [2.45, 2.75) is 43.9 Å². The highest BCUT2D eigenvalue weighted by Crippen LogP contribution is 2.61.